The van der Waals surface area contributed by atoms with Gasteiger partial charge in [0.2, 0.25) is 0 Å². The van der Waals surface area contributed by atoms with Crippen molar-refractivity contribution < 1.29 is 14.3 Å². The van der Waals surface area contributed by atoms with Crippen LogP contribution in [0.5, 0.6) is 0 Å². The Morgan fingerprint density at radius 2 is 2.46 bits per heavy atom. The van der Waals surface area contributed by atoms with Crippen LogP contribution >= 0.6 is 0 Å². The van der Waals surface area contributed by atoms with E-state index in [2.05, 4.69) is 4.74 Å². The summed E-state index contributed by atoms with van der Waals surface area (Å²) in [5, 5.41) is 0. The molecule has 4 nitrogen and oxygen atoms in total. The van der Waals surface area contributed by atoms with Gasteiger partial charge in [0, 0.05) is 18.7 Å². The lowest BCUT2D eigenvalue weighted by molar-refractivity contribution is -0.116. The standard InChI is InChI=1S/C9H13NO3/c1-3-7-6-8(11)4-5-10(7)9(12)13-2/h4-5,7H,3,6H2,1-2H3/t7-/m0/s1. The Bertz CT molecular complexity index is 247. The third-order valence-electron chi connectivity index (χ3n) is 2.11. The predicted octanol–water partition coefficient (Wildman–Crippen LogP) is 1.32. The highest BCUT2D eigenvalue weighted by atomic mass is 16.5. The predicted molar refractivity (Wildman–Crippen MR) is 47.1 cm³/mol. The number of hydrogen-bond acceptors (Lipinski definition) is 3. The summed E-state index contributed by atoms with van der Waals surface area (Å²) in [6.07, 6.45) is 3.64. The Kier molecular flexibility index (Phi) is 3.06. The molecule has 72 valence electrons. The van der Waals surface area contributed by atoms with Gasteiger partial charge in [-0.05, 0) is 12.5 Å². The lowest BCUT2D eigenvalue weighted by atomic mass is 10.0. The molecule has 1 heterocycles. The Balaban J connectivity index is 2.76. The molecule has 0 aliphatic carbocycles. The Labute approximate surface area is 77.2 Å². The second kappa shape index (κ2) is 4.07. The SMILES string of the molecule is CC[C@H]1CC(=O)C=CN1C(=O)OC. The first kappa shape index (κ1) is 9.77. The highest BCUT2D eigenvalue weighted by molar-refractivity contribution is 5.92. The molecule has 0 saturated heterocycles. The summed E-state index contributed by atoms with van der Waals surface area (Å²) < 4.78 is 4.58. The van der Waals surface area contributed by atoms with Gasteiger partial charge in [-0.25, -0.2) is 4.79 Å². The van der Waals surface area contributed by atoms with Crippen molar-refractivity contribution in [3.05, 3.63) is 12.3 Å². The van der Waals surface area contributed by atoms with Crippen LogP contribution in [-0.2, 0) is 9.53 Å². The van der Waals surface area contributed by atoms with Gasteiger partial charge in [-0.1, -0.05) is 6.92 Å². The second-order valence-corrected chi connectivity index (χ2v) is 2.93. The van der Waals surface area contributed by atoms with Crippen molar-refractivity contribution in [3.8, 4) is 0 Å². The molecule has 0 N–H and O–H groups in total. The van der Waals surface area contributed by atoms with Gasteiger partial charge in [0.15, 0.2) is 5.78 Å². The highest BCUT2D eigenvalue weighted by Gasteiger charge is 2.25. The highest BCUT2D eigenvalue weighted by Crippen LogP contribution is 2.16. The van der Waals surface area contributed by atoms with Crippen LogP contribution < -0.4 is 0 Å². The molecular weight excluding hydrogens is 170 g/mol. The van der Waals surface area contributed by atoms with E-state index >= 15 is 0 Å². The van der Waals surface area contributed by atoms with Crippen molar-refractivity contribution in [3.63, 3.8) is 0 Å². The van der Waals surface area contributed by atoms with Crippen LogP contribution in [0.3, 0.4) is 0 Å². The minimum Gasteiger partial charge on any atom is -0.452 e. The van der Waals surface area contributed by atoms with Gasteiger partial charge in [-0.3, -0.25) is 9.69 Å². The Morgan fingerprint density at radius 1 is 1.77 bits per heavy atom. The molecule has 4 heteroatoms. The fraction of sp³-hybridized carbons (Fsp3) is 0.556. The Hall–Kier alpha value is -1.32. The van der Waals surface area contributed by atoms with Crippen LogP contribution in [0.25, 0.3) is 0 Å². The zero-order valence-electron chi connectivity index (χ0n) is 7.82. The summed E-state index contributed by atoms with van der Waals surface area (Å²) >= 11 is 0. The topological polar surface area (TPSA) is 46.6 Å². The van der Waals surface area contributed by atoms with E-state index < -0.39 is 6.09 Å². The lowest BCUT2D eigenvalue weighted by Gasteiger charge is -2.28. The number of nitrogens with zero attached hydrogens (tertiary/aromatic N) is 1. The largest absolute Gasteiger partial charge is 0.452 e. The summed E-state index contributed by atoms with van der Waals surface area (Å²) in [6, 6.07) is -0.0510. The summed E-state index contributed by atoms with van der Waals surface area (Å²) in [7, 11) is 1.33. The first-order chi connectivity index (χ1) is 6.19. The van der Waals surface area contributed by atoms with Crippen LogP contribution in [0.2, 0.25) is 0 Å². The number of hydrogen-bond donors (Lipinski definition) is 0. The average Bonchev–Trinajstić information content (AvgIpc) is 2.16. The fourth-order valence-corrected chi connectivity index (χ4v) is 1.34. The number of allylic oxidation sites excluding steroid dienone is 1. The molecule has 0 saturated carbocycles. The quantitative estimate of drug-likeness (QED) is 0.616. The van der Waals surface area contributed by atoms with Gasteiger partial charge in [0.05, 0.1) is 7.11 Å². The Morgan fingerprint density at radius 3 is 3.00 bits per heavy atom. The molecule has 0 aromatic carbocycles. The molecule has 0 fully saturated rings. The van der Waals surface area contributed by atoms with Crippen molar-refractivity contribution in [2.75, 3.05) is 7.11 Å². The molecule has 0 radical (unpaired) electrons. The minimum atomic E-state index is -0.407. The number of carbonyl (C=O) groups is 2. The van der Waals surface area contributed by atoms with Crippen LogP contribution in [0.15, 0.2) is 12.3 Å². The van der Waals surface area contributed by atoms with Crippen LogP contribution in [-0.4, -0.2) is 29.9 Å². The van der Waals surface area contributed by atoms with Gasteiger partial charge < -0.3 is 4.74 Å². The molecule has 1 atom stereocenters. The molecule has 1 rings (SSSR count). The molecule has 0 aromatic heterocycles. The van der Waals surface area contributed by atoms with Crippen molar-refractivity contribution >= 4 is 11.9 Å². The molecule has 1 amide bonds. The molecule has 0 bridgehead atoms. The smallest absolute Gasteiger partial charge is 0.413 e. The zero-order valence-corrected chi connectivity index (χ0v) is 7.82. The minimum absolute atomic E-state index is 0.0510. The summed E-state index contributed by atoms with van der Waals surface area (Å²) in [6.45, 7) is 1.94. The number of rotatable bonds is 1. The van der Waals surface area contributed by atoms with Gasteiger partial charge in [-0.2, -0.15) is 0 Å². The maximum absolute atomic E-state index is 11.2. The monoisotopic (exact) mass is 183 g/mol. The number of amides is 1. The first-order valence-corrected chi connectivity index (χ1v) is 4.26. The van der Waals surface area contributed by atoms with Gasteiger partial charge >= 0.3 is 6.09 Å². The summed E-state index contributed by atoms with van der Waals surface area (Å²) in [4.78, 5) is 23.7. The molecule has 1 aliphatic rings. The van der Waals surface area contributed by atoms with Crippen molar-refractivity contribution in [2.45, 2.75) is 25.8 Å². The normalized spacial score (nSPS) is 21.8. The first-order valence-electron chi connectivity index (χ1n) is 4.26. The summed E-state index contributed by atoms with van der Waals surface area (Å²) in [5.74, 6) is 0.0620. The van der Waals surface area contributed by atoms with E-state index in [-0.39, 0.29) is 11.8 Å². The maximum Gasteiger partial charge on any atom is 0.413 e. The van der Waals surface area contributed by atoms with E-state index in [1.165, 1.54) is 24.3 Å². The van der Waals surface area contributed by atoms with Crippen LogP contribution in [0.1, 0.15) is 19.8 Å². The van der Waals surface area contributed by atoms with Gasteiger partial charge in [0.25, 0.3) is 0 Å². The molecule has 0 aromatic rings. The molecular formula is C9H13NO3. The third kappa shape index (κ3) is 2.08. The number of ketones is 1. The van der Waals surface area contributed by atoms with Crippen molar-refractivity contribution in [1.29, 1.82) is 0 Å². The maximum atomic E-state index is 11.2. The van der Waals surface area contributed by atoms with Crippen molar-refractivity contribution in [1.82, 2.24) is 4.90 Å². The van der Waals surface area contributed by atoms with E-state index in [1.807, 2.05) is 6.92 Å². The van der Waals surface area contributed by atoms with Crippen LogP contribution in [0.4, 0.5) is 4.79 Å². The molecule has 0 unspecified atom stereocenters. The van der Waals surface area contributed by atoms with E-state index in [4.69, 9.17) is 0 Å². The van der Waals surface area contributed by atoms with E-state index in [0.29, 0.717) is 6.42 Å². The molecule has 13 heavy (non-hydrogen) atoms. The number of ether oxygens (including phenoxy) is 1. The van der Waals surface area contributed by atoms with Crippen LogP contribution in [0, 0.1) is 0 Å². The number of carbonyl (C=O) groups excluding carboxylic acids is 2. The zero-order chi connectivity index (χ0) is 9.84. The third-order valence-corrected chi connectivity index (χ3v) is 2.11. The fourth-order valence-electron chi connectivity index (χ4n) is 1.34. The lowest BCUT2D eigenvalue weighted by Crippen LogP contribution is -2.39. The van der Waals surface area contributed by atoms with Gasteiger partial charge in [-0.15, -0.1) is 0 Å². The van der Waals surface area contributed by atoms with Gasteiger partial charge in [0.1, 0.15) is 0 Å². The molecule has 0 spiro atoms. The van der Waals surface area contributed by atoms with Crippen molar-refractivity contribution in [2.24, 2.45) is 0 Å². The van der Waals surface area contributed by atoms with E-state index in [0.717, 1.165) is 6.42 Å². The second-order valence-electron chi connectivity index (χ2n) is 2.93. The van der Waals surface area contributed by atoms with E-state index in [1.54, 1.807) is 0 Å². The summed E-state index contributed by atoms with van der Waals surface area (Å²) in [5.41, 5.74) is 0. The van der Waals surface area contributed by atoms with E-state index in [9.17, 15) is 9.59 Å². The average molecular weight is 183 g/mol. The number of methoxy groups -OCH3 is 1. The molecule has 1 aliphatic heterocycles.